The molecule has 1 amide bonds. The molecule has 0 saturated carbocycles. The van der Waals surface area contributed by atoms with E-state index in [4.69, 9.17) is 8.94 Å². The van der Waals surface area contributed by atoms with E-state index in [0.717, 1.165) is 5.56 Å². The fourth-order valence-corrected chi connectivity index (χ4v) is 2.64. The van der Waals surface area contributed by atoms with Gasteiger partial charge in [-0.2, -0.15) is 4.98 Å². The van der Waals surface area contributed by atoms with Crippen LogP contribution in [0, 0.1) is 0 Å². The molecule has 3 aromatic rings. The second-order valence-corrected chi connectivity index (χ2v) is 5.60. The van der Waals surface area contributed by atoms with E-state index < -0.39 is 0 Å². The number of nitrogens with zero attached hydrogens (tertiary/aromatic N) is 3. The Labute approximate surface area is 132 Å². The van der Waals surface area contributed by atoms with Crippen LogP contribution in [0.15, 0.2) is 57.7 Å². The average molecular weight is 309 g/mol. The van der Waals surface area contributed by atoms with Crippen molar-refractivity contribution in [3.8, 4) is 0 Å². The number of benzene rings is 1. The normalized spacial score (nSPS) is 14.7. The first kappa shape index (κ1) is 13.8. The molecule has 6 nitrogen and oxygen atoms in total. The van der Waals surface area contributed by atoms with Crippen molar-refractivity contribution in [3.63, 3.8) is 0 Å². The molecule has 1 aliphatic heterocycles. The molecule has 2 aromatic heterocycles. The van der Waals surface area contributed by atoms with E-state index in [2.05, 4.69) is 10.1 Å². The Kier molecular flexibility index (Phi) is 3.42. The summed E-state index contributed by atoms with van der Waals surface area (Å²) in [6, 6.07) is 13.4. The molecular formula is C17H15N3O3. The summed E-state index contributed by atoms with van der Waals surface area (Å²) in [5.74, 6) is 1.63. The minimum absolute atomic E-state index is 0.102. The maximum atomic E-state index is 12.1. The van der Waals surface area contributed by atoms with Crippen LogP contribution in [-0.2, 0) is 6.42 Å². The monoisotopic (exact) mass is 309 g/mol. The fraction of sp³-hybridized carbons (Fsp3) is 0.235. The largest absolute Gasteiger partial charge is 0.459 e. The second-order valence-electron chi connectivity index (χ2n) is 5.60. The third-order valence-electron chi connectivity index (χ3n) is 3.94. The van der Waals surface area contributed by atoms with E-state index in [1.807, 2.05) is 30.3 Å². The number of rotatable bonds is 4. The number of likely N-dealkylation sites (tertiary alicyclic amines) is 1. The van der Waals surface area contributed by atoms with Crippen LogP contribution in [0.1, 0.15) is 33.8 Å². The summed E-state index contributed by atoms with van der Waals surface area (Å²) >= 11 is 0. The molecule has 23 heavy (non-hydrogen) atoms. The predicted molar refractivity (Wildman–Crippen MR) is 80.9 cm³/mol. The Balaban J connectivity index is 1.37. The maximum absolute atomic E-state index is 12.1. The highest BCUT2D eigenvalue weighted by Crippen LogP contribution is 2.27. The molecule has 1 aliphatic rings. The van der Waals surface area contributed by atoms with Crippen molar-refractivity contribution in [2.75, 3.05) is 13.1 Å². The lowest BCUT2D eigenvalue weighted by molar-refractivity contribution is 0.0537. The Hall–Kier alpha value is -2.89. The summed E-state index contributed by atoms with van der Waals surface area (Å²) in [4.78, 5) is 18.2. The van der Waals surface area contributed by atoms with Crippen molar-refractivity contribution >= 4 is 5.91 Å². The Morgan fingerprint density at radius 3 is 2.74 bits per heavy atom. The molecule has 0 spiro atoms. The van der Waals surface area contributed by atoms with Crippen LogP contribution in [0.25, 0.3) is 0 Å². The first-order valence-corrected chi connectivity index (χ1v) is 7.49. The van der Waals surface area contributed by atoms with Crippen LogP contribution in [0.2, 0.25) is 0 Å². The van der Waals surface area contributed by atoms with Gasteiger partial charge in [-0.3, -0.25) is 4.79 Å². The lowest BCUT2D eigenvalue weighted by atomic mass is 10.00. The molecule has 0 aliphatic carbocycles. The van der Waals surface area contributed by atoms with Crippen LogP contribution >= 0.6 is 0 Å². The molecule has 4 rings (SSSR count). The van der Waals surface area contributed by atoms with Crippen molar-refractivity contribution < 1.29 is 13.7 Å². The SMILES string of the molecule is O=C(c1ccco1)N1CC(c2nc(Cc3ccccc3)no2)C1. The highest BCUT2D eigenvalue weighted by molar-refractivity contribution is 5.92. The molecule has 3 heterocycles. The van der Waals surface area contributed by atoms with Crippen LogP contribution in [0.5, 0.6) is 0 Å². The molecule has 0 bridgehead atoms. The number of carbonyl (C=O) groups excluding carboxylic acids is 1. The van der Waals surface area contributed by atoms with E-state index in [9.17, 15) is 4.79 Å². The van der Waals surface area contributed by atoms with Gasteiger partial charge >= 0.3 is 0 Å². The van der Waals surface area contributed by atoms with Gasteiger partial charge in [-0.1, -0.05) is 35.5 Å². The highest BCUT2D eigenvalue weighted by atomic mass is 16.5. The second kappa shape index (κ2) is 5.72. The van der Waals surface area contributed by atoms with Gasteiger partial charge in [-0.05, 0) is 17.7 Å². The minimum Gasteiger partial charge on any atom is -0.459 e. The molecule has 6 heteroatoms. The van der Waals surface area contributed by atoms with E-state index >= 15 is 0 Å². The Morgan fingerprint density at radius 2 is 2.00 bits per heavy atom. The number of hydrogen-bond donors (Lipinski definition) is 0. The molecule has 1 fully saturated rings. The van der Waals surface area contributed by atoms with Crippen molar-refractivity contribution in [3.05, 3.63) is 71.8 Å². The van der Waals surface area contributed by atoms with Crippen molar-refractivity contribution in [2.45, 2.75) is 12.3 Å². The van der Waals surface area contributed by atoms with Crippen LogP contribution in [0.4, 0.5) is 0 Å². The summed E-state index contributed by atoms with van der Waals surface area (Å²) in [7, 11) is 0. The molecule has 1 aromatic carbocycles. The van der Waals surface area contributed by atoms with Crippen LogP contribution in [-0.4, -0.2) is 34.0 Å². The molecule has 1 saturated heterocycles. The lowest BCUT2D eigenvalue weighted by Gasteiger charge is -2.36. The maximum Gasteiger partial charge on any atom is 0.289 e. The van der Waals surface area contributed by atoms with E-state index in [-0.39, 0.29) is 11.8 Å². The topological polar surface area (TPSA) is 72.4 Å². The number of carbonyl (C=O) groups is 1. The zero-order chi connectivity index (χ0) is 15.6. The standard InChI is InChI=1S/C17H15N3O3/c21-17(14-7-4-8-22-14)20-10-13(11-20)16-18-15(19-23-16)9-12-5-2-1-3-6-12/h1-8,13H,9-11H2. The van der Waals surface area contributed by atoms with Crippen LogP contribution < -0.4 is 0 Å². The van der Waals surface area contributed by atoms with Crippen molar-refractivity contribution in [1.29, 1.82) is 0 Å². The third-order valence-corrected chi connectivity index (χ3v) is 3.94. The Morgan fingerprint density at radius 1 is 1.17 bits per heavy atom. The Bertz CT molecular complexity index is 790. The number of hydrogen-bond acceptors (Lipinski definition) is 5. The summed E-state index contributed by atoms with van der Waals surface area (Å²) in [6.45, 7) is 1.15. The van der Waals surface area contributed by atoms with E-state index in [1.165, 1.54) is 6.26 Å². The van der Waals surface area contributed by atoms with Gasteiger partial charge in [-0.25, -0.2) is 0 Å². The quantitative estimate of drug-likeness (QED) is 0.740. The molecule has 0 radical (unpaired) electrons. The van der Waals surface area contributed by atoms with Gasteiger partial charge in [0.15, 0.2) is 11.6 Å². The first-order valence-electron chi connectivity index (χ1n) is 7.49. The minimum atomic E-state index is -0.102. The molecule has 116 valence electrons. The van der Waals surface area contributed by atoms with Gasteiger partial charge in [0.05, 0.1) is 12.2 Å². The molecular weight excluding hydrogens is 294 g/mol. The van der Waals surface area contributed by atoms with Crippen molar-refractivity contribution in [2.24, 2.45) is 0 Å². The molecule has 0 unspecified atom stereocenters. The van der Waals surface area contributed by atoms with Gasteiger partial charge in [0.1, 0.15) is 0 Å². The van der Waals surface area contributed by atoms with Gasteiger partial charge < -0.3 is 13.8 Å². The van der Waals surface area contributed by atoms with E-state index in [1.54, 1.807) is 17.0 Å². The lowest BCUT2D eigenvalue weighted by Crippen LogP contribution is -2.48. The molecule has 0 atom stereocenters. The van der Waals surface area contributed by atoms with Crippen LogP contribution in [0.3, 0.4) is 0 Å². The summed E-state index contributed by atoms with van der Waals surface area (Å²) in [5.41, 5.74) is 1.14. The van der Waals surface area contributed by atoms with Gasteiger partial charge in [0.25, 0.3) is 5.91 Å². The van der Waals surface area contributed by atoms with Gasteiger partial charge in [-0.15, -0.1) is 0 Å². The predicted octanol–water partition coefficient (Wildman–Crippen LogP) is 2.49. The fourth-order valence-electron chi connectivity index (χ4n) is 2.64. The zero-order valence-electron chi connectivity index (χ0n) is 12.4. The number of aromatic nitrogens is 2. The summed E-state index contributed by atoms with van der Waals surface area (Å²) < 4.78 is 10.5. The smallest absolute Gasteiger partial charge is 0.289 e. The number of furan rings is 1. The van der Waals surface area contributed by atoms with Gasteiger partial charge in [0.2, 0.25) is 5.89 Å². The van der Waals surface area contributed by atoms with Gasteiger partial charge in [0, 0.05) is 19.5 Å². The summed E-state index contributed by atoms with van der Waals surface area (Å²) in [5, 5.41) is 4.03. The first-order chi connectivity index (χ1) is 11.3. The average Bonchev–Trinajstić information content (AvgIpc) is 3.18. The third kappa shape index (κ3) is 2.75. The summed E-state index contributed by atoms with van der Waals surface area (Å²) in [6.07, 6.45) is 2.14. The highest BCUT2D eigenvalue weighted by Gasteiger charge is 2.36. The van der Waals surface area contributed by atoms with Crippen molar-refractivity contribution in [1.82, 2.24) is 15.0 Å². The zero-order valence-corrected chi connectivity index (χ0v) is 12.4. The molecule has 0 N–H and O–H groups in total. The number of amides is 1. The van der Waals surface area contributed by atoms with E-state index in [0.29, 0.717) is 37.0 Å².